The maximum atomic E-state index is 11.9. The predicted molar refractivity (Wildman–Crippen MR) is 70.2 cm³/mol. The summed E-state index contributed by atoms with van der Waals surface area (Å²) < 4.78 is 10.4. The number of hydrogen-bond acceptors (Lipinski definition) is 3. The predicted octanol–water partition coefficient (Wildman–Crippen LogP) is 2.77. The average Bonchev–Trinajstić information content (AvgIpc) is 2.67. The first kappa shape index (κ1) is 12.9. The van der Waals surface area contributed by atoms with Crippen molar-refractivity contribution in [2.75, 3.05) is 20.3 Å². The Balaban J connectivity index is 2.28. The number of nitrogens with one attached hydrogen (secondary N) is 1. The normalized spacial score (nSPS) is 10.8. The van der Waals surface area contributed by atoms with E-state index in [1.54, 1.807) is 25.3 Å². The average molecular weight is 268 g/mol. The highest BCUT2D eigenvalue weighted by molar-refractivity contribution is 6.31. The lowest BCUT2D eigenvalue weighted by molar-refractivity contribution is 0.0911. The Bertz CT molecular complexity index is 577. The number of hydrogen-bond donors (Lipinski definition) is 1. The van der Waals surface area contributed by atoms with E-state index in [4.69, 9.17) is 20.8 Å². The van der Waals surface area contributed by atoms with Crippen molar-refractivity contribution in [3.8, 4) is 0 Å². The number of carbonyl (C=O) groups is 1. The van der Waals surface area contributed by atoms with E-state index in [9.17, 15) is 4.79 Å². The summed E-state index contributed by atoms with van der Waals surface area (Å²) in [6, 6.07) is 5.29. The van der Waals surface area contributed by atoms with Crippen LogP contribution >= 0.6 is 11.6 Å². The second-order valence-electron chi connectivity index (χ2n) is 3.95. The minimum Gasteiger partial charge on any atom is -0.451 e. The van der Waals surface area contributed by atoms with Gasteiger partial charge in [-0.2, -0.15) is 0 Å². The van der Waals surface area contributed by atoms with Crippen LogP contribution in [0.5, 0.6) is 0 Å². The molecule has 5 heteroatoms. The van der Waals surface area contributed by atoms with Gasteiger partial charge in [-0.1, -0.05) is 11.6 Å². The molecule has 1 N–H and O–H groups in total. The SMILES string of the molecule is COCCNC(=O)c1oc2ccc(Cl)cc2c1C. The summed E-state index contributed by atoms with van der Waals surface area (Å²) in [6.07, 6.45) is 0. The molecule has 0 bridgehead atoms. The van der Waals surface area contributed by atoms with Gasteiger partial charge >= 0.3 is 0 Å². The van der Waals surface area contributed by atoms with Crippen molar-refractivity contribution in [3.05, 3.63) is 34.5 Å². The van der Waals surface area contributed by atoms with E-state index in [0.717, 1.165) is 10.9 Å². The van der Waals surface area contributed by atoms with Crippen LogP contribution in [0.15, 0.2) is 22.6 Å². The minimum absolute atomic E-state index is 0.239. The van der Waals surface area contributed by atoms with E-state index in [1.807, 2.05) is 6.92 Å². The van der Waals surface area contributed by atoms with Crippen LogP contribution in [-0.4, -0.2) is 26.2 Å². The van der Waals surface area contributed by atoms with Gasteiger partial charge in [0.05, 0.1) is 6.61 Å². The van der Waals surface area contributed by atoms with Crippen molar-refractivity contribution in [2.24, 2.45) is 0 Å². The van der Waals surface area contributed by atoms with Crippen LogP contribution in [0.3, 0.4) is 0 Å². The van der Waals surface area contributed by atoms with Crippen molar-refractivity contribution >= 4 is 28.5 Å². The van der Waals surface area contributed by atoms with E-state index < -0.39 is 0 Å². The van der Waals surface area contributed by atoms with Gasteiger partial charge in [-0.3, -0.25) is 4.79 Å². The summed E-state index contributed by atoms with van der Waals surface area (Å²) in [4.78, 5) is 11.9. The van der Waals surface area contributed by atoms with Gasteiger partial charge in [-0.25, -0.2) is 0 Å². The zero-order chi connectivity index (χ0) is 13.1. The van der Waals surface area contributed by atoms with Gasteiger partial charge in [0, 0.05) is 29.6 Å². The van der Waals surface area contributed by atoms with Crippen molar-refractivity contribution in [3.63, 3.8) is 0 Å². The molecule has 4 nitrogen and oxygen atoms in total. The van der Waals surface area contributed by atoms with Gasteiger partial charge in [0.1, 0.15) is 5.58 Å². The first-order valence-corrected chi connectivity index (χ1v) is 5.97. The Labute approximate surface area is 110 Å². The summed E-state index contributed by atoms with van der Waals surface area (Å²) in [5.74, 6) is 0.0836. The van der Waals surface area contributed by atoms with Crippen LogP contribution in [0.2, 0.25) is 5.02 Å². The van der Waals surface area contributed by atoms with E-state index in [0.29, 0.717) is 29.5 Å². The van der Waals surface area contributed by atoms with Crippen LogP contribution in [0.25, 0.3) is 11.0 Å². The van der Waals surface area contributed by atoms with E-state index in [1.165, 1.54) is 0 Å². The highest BCUT2D eigenvalue weighted by Crippen LogP contribution is 2.27. The first-order valence-electron chi connectivity index (χ1n) is 5.59. The highest BCUT2D eigenvalue weighted by atomic mass is 35.5. The molecular weight excluding hydrogens is 254 g/mol. The fraction of sp³-hybridized carbons (Fsp3) is 0.308. The van der Waals surface area contributed by atoms with Gasteiger partial charge in [0.15, 0.2) is 5.76 Å². The van der Waals surface area contributed by atoms with E-state index in [-0.39, 0.29) is 5.91 Å². The number of furan rings is 1. The Morgan fingerprint density at radius 3 is 3.00 bits per heavy atom. The number of benzene rings is 1. The first-order chi connectivity index (χ1) is 8.63. The van der Waals surface area contributed by atoms with Crippen LogP contribution in [0.1, 0.15) is 16.1 Å². The van der Waals surface area contributed by atoms with Gasteiger partial charge in [-0.05, 0) is 25.1 Å². The second-order valence-corrected chi connectivity index (χ2v) is 4.38. The number of rotatable bonds is 4. The van der Waals surface area contributed by atoms with Gasteiger partial charge in [0.25, 0.3) is 5.91 Å². The molecule has 0 aliphatic rings. The maximum Gasteiger partial charge on any atom is 0.287 e. The maximum absolute atomic E-state index is 11.9. The van der Waals surface area contributed by atoms with E-state index >= 15 is 0 Å². The molecule has 0 aliphatic heterocycles. The molecule has 0 saturated carbocycles. The summed E-state index contributed by atoms with van der Waals surface area (Å²) in [6.45, 7) is 2.76. The standard InChI is InChI=1S/C13H14ClNO3/c1-8-10-7-9(14)3-4-11(10)18-12(8)13(16)15-5-6-17-2/h3-4,7H,5-6H2,1-2H3,(H,15,16). The summed E-state index contributed by atoms with van der Waals surface area (Å²) in [5, 5.41) is 4.21. The van der Waals surface area contributed by atoms with Gasteiger partial charge in [0.2, 0.25) is 0 Å². The Hall–Kier alpha value is -1.52. The Morgan fingerprint density at radius 2 is 2.28 bits per heavy atom. The van der Waals surface area contributed by atoms with Crippen LogP contribution in [0.4, 0.5) is 0 Å². The number of aryl methyl sites for hydroxylation is 1. The summed E-state index contributed by atoms with van der Waals surface area (Å²) in [5.41, 5.74) is 1.45. The minimum atomic E-state index is -0.239. The van der Waals surface area contributed by atoms with Crippen molar-refractivity contribution in [1.82, 2.24) is 5.32 Å². The van der Waals surface area contributed by atoms with Crippen molar-refractivity contribution in [2.45, 2.75) is 6.92 Å². The summed E-state index contributed by atoms with van der Waals surface area (Å²) in [7, 11) is 1.58. The molecule has 2 aromatic rings. The van der Waals surface area contributed by atoms with Gasteiger partial charge in [-0.15, -0.1) is 0 Å². The highest BCUT2D eigenvalue weighted by Gasteiger charge is 2.17. The molecule has 1 amide bonds. The smallest absolute Gasteiger partial charge is 0.287 e. The lowest BCUT2D eigenvalue weighted by Crippen LogP contribution is -2.27. The fourth-order valence-electron chi connectivity index (χ4n) is 1.76. The lowest BCUT2D eigenvalue weighted by atomic mass is 10.1. The molecule has 0 spiro atoms. The van der Waals surface area contributed by atoms with Crippen molar-refractivity contribution < 1.29 is 13.9 Å². The molecular formula is C13H14ClNO3. The molecule has 0 atom stereocenters. The largest absolute Gasteiger partial charge is 0.451 e. The molecule has 18 heavy (non-hydrogen) atoms. The lowest BCUT2D eigenvalue weighted by Gasteiger charge is -2.02. The zero-order valence-corrected chi connectivity index (χ0v) is 11.0. The van der Waals surface area contributed by atoms with Gasteiger partial charge < -0.3 is 14.5 Å². The number of amides is 1. The molecule has 1 heterocycles. The Kier molecular flexibility index (Phi) is 3.89. The molecule has 0 fully saturated rings. The molecule has 0 radical (unpaired) electrons. The number of halogens is 1. The van der Waals surface area contributed by atoms with Crippen LogP contribution < -0.4 is 5.32 Å². The topological polar surface area (TPSA) is 51.5 Å². The molecule has 0 aliphatic carbocycles. The monoisotopic (exact) mass is 267 g/mol. The zero-order valence-electron chi connectivity index (χ0n) is 10.2. The molecule has 96 valence electrons. The quantitative estimate of drug-likeness (QED) is 0.867. The molecule has 1 aromatic carbocycles. The third-order valence-corrected chi connectivity index (χ3v) is 2.93. The third-order valence-electron chi connectivity index (χ3n) is 2.70. The number of methoxy groups -OCH3 is 1. The van der Waals surface area contributed by atoms with Crippen LogP contribution in [0, 0.1) is 6.92 Å². The van der Waals surface area contributed by atoms with E-state index in [2.05, 4.69) is 5.32 Å². The molecule has 1 aromatic heterocycles. The number of carbonyl (C=O) groups excluding carboxylic acids is 1. The van der Waals surface area contributed by atoms with Crippen LogP contribution in [-0.2, 0) is 4.74 Å². The molecule has 2 rings (SSSR count). The fourth-order valence-corrected chi connectivity index (χ4v) is 1.93. The molecule has 0 saturated heterocycles. The van der Waals surface area contributed by atoms with Crippen molar-refractivity contribution in [1.29, 1.82) is 0 Å². The Morgan fingerprint density at radius 1 is 1.50 bits per heavy atom. The number of fused-ring (bicyclic) bond motifs is 1. The summed E-state index contributed by atoms with van der Waals surface area (Å²) >= 11 is 5.92. The number of ether oxygens (including phenoxy) is 1. The second kappa shape index (κ2) is 5.42. The third kappa shape index (κ3) is 2.49. The molecule has 0 unspecified atom stereocenters.